The van der Waals surface area contributed by atoms with E-state index in [1.165, 1.54) is 13.8 Å². The molecule has 1 saturated carbocycles. The van der Waals surface area contributed by atoms with Crippen LogP contribution >= 0.6 is 0 Å². The number of nitrogens with one attached hydrogen (secondary N) is 2. The number of nitrogens with zero attached hydrogens (tertiary/aromatic N) is 4. The Kier molecular flexibility index (Phi) is 8.92. The molecule has 0 saturated heterocycles. The molecule has 3 atom stereocenters. The average Bonchev–Trinajstić information content (AvgIpc) is 3.34. The van der Waals surface area contributed by atoms with Crippen molar-refractivity contribution < 1.29 is 44.3 Å². The maximum atomic E-state index is 13.3. The molecule has 1 aliphatic carbocycles. The third kappa shape index (κ3) is 7.67. The van der Waals surface area contributed by atoms with E-state index in [9.17, 15) is 44.3 Å². The summed E-state index contributed by atoms with van der Waals surface area (Å²) < 4.78 is 105. The van der Waals surface area contributed by atoms with E-state index in [-0.39, 0.29) is 24.8 Å². The molecule has 0 spiro atoms. The highest BCUT2D eigenvalue weighted by atomic mass is 32.2. The number of alkyl halides is 6. The second kappa shape index (κ2) is 11.5. The Morgan fingerprint density at radius 2 is 1.79 bits per heavy atom. The van der Waals surface area contributed by atoms with E-state index in [0.29, 0.717) is 10.7 Å². The van der Waals surface area contributed by atoms with Crippen LogP contribution in [0.25, 0.3) is 0 Å². The number of benzene rings is 1. The van der Waals surface area contributed by atoms with Gasteiger partial charge in [0.15, 0.2) is 9.84 Å². The fraction of sp³-hybridized carbons (Fsp3) is 0.591. The van der Waals surface area contributed by atoms with Crippen LogP contribution in [0.2, 0.25) is 0 Å². The summed E-state index contributed by atoms with van der Waals surface area (Å²) in [5, 5.41) is 13.6. The number of carbonyl (C=O) groups is 2. The molecule has 17 heteroatoms. The Bertz CT molecular complexity index is 1290. The minimum atomic E-state index is -4.83. The maximum absolute atomic E-state index is 13.3. The van der Waals surface area contributed by atoms with Crippen molar-refractivity contribution >= 4 is 21.7 Å². The highest BCUT2D eigenvalue weighted by molar-refractivity contribution is 7.91. The first kappa shape index (κ1) is 30.3. The number of rotatable bonds is 8. The largest absolute Gasteiger partial charge is 0.453 e. The topological polar surface area (TPSA) is 136 Å². The summed E-state index contributed by atoms with van der Waals surface area (Å²) in [5.41, 5.74) is -1.36. The zero-order valence-corrected chi connectivity index (χ0v) is 21.6. The molecular formula is C22H26F6N6O4S. The molecule has 216 valence electrons. The quantitative estimate of drug-likeness (QED) is 0.456. The van der Waals surface area contributed by atoms with Gasteiger partial charge in [0.2, 0.25) is 5.91 Å². The molecule has 1 fully saturated rings. The second-order valence-electron chi connectivity index (χ2n) is 9.49. The predicted molar refractivity (Wildman–Crippen MR) is 124 cm³/mol. The van der Waals surface area contributed by atoms with Gasteiger partial charge in [-0.2, -0.15) is 26.3 Å². The lowest BCUT2D eigenvalue weighted by molar-refractivity contribution is -0.149. The van der Waals surface area contributed by atoms with Crippen LogP contribution in [0.15, 0.2) is 24.3 Å². The molecule has 3 rings (SSSR count). The third-order valence-electron chi connectivity index (χ3n) is 6.42. The third-order valence-corrected chi connectivity index (χ3v) is 8.75. The molecule has 1 aromatic heterocycles. The monoisotopic (exact) mass is 584 g/mol. The van der Waals surface area contributed by atoms with E-state index in [4.69, 9.17) is 0 Å². The normalized spacial score (nSPS) is 20.6. The predicted octanol–water partition coefficient (Wildman–Crippen LogP) is 2.79. The Balaban J connectivity index is 1.70. The van der Waals surface area contributed by atoms with Gasteiger partial charge in [-0.25, -0.2) is 13.1 Å². The number of carbonyl (C=O) groups excluding carboxylic acids is 2. The minimum Gasteiger partial charge on any atom is -0.352 e. The molecule has 1 aromatic carbocycles. The van der Waals surface area contributed by atoms with Crippen molar-refractivity contribution in [3.05, 3.63) is 41.2 Å². The number of tetrazole rings is 1. The summed E-state index contributed by atoms with van der Waals surface area (Å²) in [6.07, 6.45) is -9.39. The summed E-state index contributed by atoms with van der Waals surface area (Å²) in [6.45, 7) is 2.29. The van der Waals surface area contributed by atoms with E-state index >= 15 is 0 Å². The molecule has 10 nitrogen and oxygen atoms in total. The summed E-state index contributed by atoms with van der Waals surface area (Å²) in [4.78, 5) is 24.9. The lowest BCUT2D eigenvalue weighted by atomic mass is 9.82. The average molecular weight is 585 g/mol. The van der Waals surface area contributed by atoms with Crippen molar-refractivity contribution in [2.24, 2.45) is 5.92 Å². The van der Waals surface area contributed by atoms with Crippen molar-refractivity contribution in [2.45, 2.75) is 62.8 Å². The molecule has 1 heterocycles. The molecule has 2 amide bonds. The van der Waals surface area contributed by atoms with Gasteiger partial charge in [0.25, 0.3) is 11.7 Å². The van der Waals surface area contributed by atoms with Crippen LogP contribution in [0.1, 0.15) is 60.9 Å². The first-order chi connectivity index (χ1) is 18.0. The summed E-state index contributed by atoms with van der Waals surface area (Å²) in [6, 6.07) is 1.97. The van der Waals surface area contributed by atoms with E-state index in [2.05, 4.69) is 26.2 Å². The zero-order valence-electron chi connectivity index (χ0n) is 20.8. The van der Waals surface area contributed by atoms with Crippen molar-refractivity contribution in [3.63, 3.8) is 0 Å². The molecular weight excluding hydrogens is 558 g/mol. The van der Waals surface area contributed by atoms with Gasteiger partial charge in [-0.15, -0.1) is 5.10 Å². The van der Waals surface area contributed by atoms with E-state index in [1.807, 2.05) is 0 Å². The number of sulfone groups is 1. The van der Waals surface area contributed by atoms with Crippen molar-refractivity contribution in [1.82, 2.24) is 30.8 Å². The first-order valence-electron chi connectivity index (χ1n) is 11.8. The van der Waals surface area contributed by atoms with Crippen LogP contribution in [-0.4, -0.2) is 64.0 Å². The Labute approximate surface area is 219 Å². The minimum absolute atomic E-state index is 0.0817. The van der Waals surface area contributed by atoms with Crippen LogP contribution in [0.5, 0.6) is 0 Å². The van der Waals surface area contributed by atoms with Gasteiger partial charge in [0.1, 0.15) is 0 Å². The van der Waals surface area contributed by atoms with Gasteiger partial charge < -0.3 is 10.6 Å². The van der Waals surface area contributed by atoms with Gasteiger partial charge in [-0.05, 0) is 67.7 Å². The van der Waals surface area contributed by atoms with Crippen molar-refractivity contribution in [1.29, 1.82) is 0 Å². The maximum Gasteiger partial charge on any atom is 0.453 e. The molecule has 0 aliphatic heterocycles. The highest BCUT2D eigenvalue weighted by Crippen LogP contribution is 2.37. The molecule has 39 heavy (non-hydrogen) atoms. The molecule has 0 unspecified atom stereocenters. The lowest BCUT2D eigenvalue weighted by Crippen LogP contribution is -2.49. The summed E-state index contributed by atoms with van der Waals surface area (Å²) in [5.74, 6) is -4.23. The van der Waals surface area contributed by atoms with Gasteiger partial charge in [0, 0.05) is 11.6 Å². The molecule has 1 aliphatic rings. The molecule has 2 N–H and O–H groups in total. The van der Waals surface area contributed by atoms with Crippen molar-refractivity contribution in [2.75, 3.05) is 12.3 Å². The summed E-state index contributed by atoms with van der Waals surface area (Å²) >= 11 is 0. The fourth-order valence-corrected chi connectivity index (χ4v) is 5.66. The summed E-state index contributed by atoms with van der Waals surface area (Å²) in [7, 11) is -3.67. The van der Waals surface area contributed by atoms with Crippen LogP contribution in [0.4, 0.5) is 26.3 Å². The van der Waals surface area contributed by atoms with Gasteiger partial charge in [-0.3, -0.25) is 9.59 Å². The number of amides is 2. The van der Waals surface area contributed by atoms with E-state index in [0.717, 1.165) is 18.2 Å². The van der Waals surface area contributed by atoms with Crippen LogP contribution < -0.4 is 10.6 Å². The molecule has 0 radical (unpaired) electrons. The van der Waals surface area contributed by atoms with Crippen LogP contribution in [0, 0.1) is 5.92 Å². The Morgan fingerprint density at radius 3 is 2.41 bits per heavy atom. The van der Waals surface area contributed by atoms with Crippen LogP contribution in [-0.2, 0) is 27.0 Å². The van der Waals surface area contributed by atoms with Crippen molar-refractivity contribution in [3.8, 4) is 0 Å². The first-order valence-corrected chi connectivity index (χ1v) is 13.5. The van der Waals surface area contributed by atoms with Gasteiger partial charge in [-0.1, -0.05) is 6.07 Å². The van der Waals surface area contributed by atoms with E-state index in [1.54, 1.807) is 0 Å². The fourth-order valence-electron chi connectivity index (χ4n) is 4.31. The van der Waals surface area contributed by atoms with E-state index < -0.39 is 80.9 Å². The smallest absolute Gasteiger partial charge is 0.352 e. The van der Waals surface area contributed by atoms with Gasteiger partial charge in [0.05, 0.1) is 29.2 Å². The lowest BCUT2D eigenvalue weighted by Gasteiger charge is -2.37. The number of aromatic nitrogens is 4. The van der Waals surface area contributed by atoms with Crippen LogP contribution in [0.3, 0.4) is 0 Å². The van der Waals surface area contributed by atoms with Gasteiger partial charge >= 0.3 is 12.4 Å². The second-order valence-corrected chi connectivity index (χ2v) is 12.1. The number of hydrogen-bond acceptors (Lipinski definition) is 7. The molecule has 0 bridgehead atoms. The highest BCUT2D eigenvalue weighted by Gasteiger charge is 2.43. The molecule has 2 aromatic rings. The SMILES string of the molecule is CC(C)S(=O)(=O)C[C@@H]1C[C@H](n2nnnc2C(F)(F)F)CC[C@@H]1NC(=O)CNC(=O)c1cccc(C(F)(F)F)c1. The Morgan fingerprint density at radius 1 is 1.10 bits per heavy atom. The number of halogens is 6. The Hall–Kier alpha value is -3.24. The number of hydrogen-bond donors (Lipinski definition) is 2. The standard InChI is InChI=1S/C22H26F6N6O4S/c1-12(2)39(37,38)11-14-9-16(34-20(22(26,27)28)31-32-33-34)6-7-17(14)30-18(35)10-29-19(36)13-4-3-5-15(8-13)21(23,24)25/h3-5,8,12,14,16-17H,6-7,9-11H2,1-2H3,(H,29,36)(H,30,35)/t14-,16+,17-/m0/s1. The zero-order chi connectivity index (χ0) is 29.2.